The van der Waals surface area contributed by atoms with Crippen LogP contribution in [0.3, 0.4) is 0 Å². The molecule has 2 amide bonds. The maximum Gasteiger partial charge on any atom is 0.259 e. The first-order chi connectivity index (χ1) is 19.5. The fourth-order valence-corrected chi connectivity index (χ4v) is 6.15. The number of halogens is 4. The SMILES string of the molecule is O=C1NC(=O)c2c1c1c3cc(F)c(F)cc3[nH]c1c1c2c2cc(F)c(F)cc2n1C1OC(CO)(CO)CC(O)C1O. The second-order valence-corrected chi connectivity index (χ2v) is 10.4. The number of hydrogen-bond donors (Lipinski definition) is 6. The molecule has 3 aromatic carbocycles. The number of rotatable bonds is 3. The molecule has 10 nitrogen and oxygen atoms in total. The highest BCUT2D eigenvalue weighted by Crippen LogP contribution is 2.47. The topological polar surface area (TPSA) is 157 Å². The van der Waals surface area contributed by atoms with E-state index in [2.05, 4.69) is 10.3 Å². The van der Waals surface area contributed by atoms with Crippen molar-refractivity contribution in [2.45, 2.75) is 30.5 Å². The van der Waals surface area contributed by atoms with Gasteiger partial charge in [-0.1, -0.05) is 0 Å². The van der Waals surface area contributed by atoms with Crippen molar-refractivity contribution < 1.29 is 52.3 Å². The van der Waals surface area contributed by atoms with Gasteiger partial charge in [-0.25, -0.2) is 17.6 Å². The van der Waals surface area contributed by atoms with Crippen molar-refractivity contribution in [2.24, 2.45) is 0 Å². The van der Waals surface area contributed by atoms with E-state index < -0.39 is 72.3 Å². The van der Waals surface area contributed by atoms with Crippen molar-refractivity contribution in [3.63, 3.8) is 0 Å². The molecule has 0 bridgehead atoms. The van der Waals surface area contributed by atoms with Crippen LogP contribution < -0.4 is 5.32 Å². The smallest absolute Gasteiger partial charge is 0.259 e. The van der Waals surface area contributed by atoms with Crippen LogP contribution in [0.5, 0.6) is 0 Å². The Balaban J connectivity index is 1.74. The Bertz CT molecular complexity index is 2000. The molecule has 0 radical (unpaired) electrons. The van der Waals surface area contributed by atoms with Crippen LogP contribution in [-0.2, 0) is 4.74 Å². The quantitative estimate of drug-likeness (QED) is 0.143. The number of carbonyl (C=O) groups excluding carboxylic acids is 2. The third-order valence-electron chi connectivity index (χ3n) is 8.02. The Morgan fingerprint density at radius 2 is 1.46 bits per heavy atom. The number of fused-ring (bicyclic) bond motifs is 10. The van der Waals surface area contributed by atoms with Crippen LogP contribution in [0.15, 0.2) is 24.3 Å². The van der Waals surface area contributed by atoms with E-state index in [9.17, 15) is 47.6 Å². The average molecular weight is 573 g/mol. The molecule has 4 heterocycles. The predicted octanol–water partition coefficient (Wildman–Crippen LogP) is 2.23. The van der Waals surface area contributed by atoms with Gasteiger partial charge in [-0.15, -0.1) is 0 Å². The fourth-order valence-electron chi connectivity index (χ4n) is 6.15. The molecule has 2 aromatic heterocycles. The highest BCUT2D eigenvalue weighted by Gasteiger charge is 2.48. The van der Waals surface area contributed by atoms with Crippen LogP contribution in [0.1, 0.15) is 33.4 Å². The van der Waals surface area contributed by atoms with Gasteiger partial charge in [0.15, 0.2) is 29.5 Å². The number of aliphatic hydroxyl groups is 4. The van der Waals surface area contributed by atoms with E-state index in [1.165, 1.54) is 0 Å². The van der Waals surface area contributed by atoms with Gasteiger partial charge in [0, 0.05) is 45.6 Å². The zero-order valence-electron chi connectivity index (χ0n) is 20.6. The summed E-state index contributed by atoms with van der Waals surface area (Å²) in [5, 5.41) is 43.8. The lowest BCUT2D eigenvalue weighted by Gasteiger charge is -2.44. The Kier molecular flexibility index (Phi) is 5.34. The lowest BCUT2D eigenvalue weighted by atomic mass is 9.90. The molecule has 6 N–H and O–H groups in total. The van der Waals surface area contributed by atoms with Gasteiger partial charge in [-0.3, -0.25) is 14.9 Å². The third kappa shape index (κ3) is 3.30. The van der Waals surface area contributed by atoms with Gasteiger partial charge < -0.3 is 34.7 Å². The van der Waals surface area contributed by atoms with Crippen molar-refractivity contribution in [3.8, 4) is 0 Å². The molecule has 14 heteroatoms. The first-order valence-corrected chi connectivity index (χ1v) is 12.4. The maximum absolute atomic E-state index is 14.7. The van der Waals surface area contributed by atoms with Crippen molar-refractivity contribution in [3.05, 3.63) is 58.7 Å². The van der Waals surface area contributed by atoms with Gasteiger partial charge in [0.2, 0.25) is 0 Å². The second-order valence-electron chi connectivity index (χ2n) is 10.4. The van der Waals surface area contributed by atoms with Gasteiger partial charge in [0.25, 0.3) is 11.8 Å². The highest BCUT2D eigenvalue weighted by atomic mass is 19.2. The lowest BCUT2D eigenvalue weighted by molar-refractivity contribution is -0.259. The molecule has 5 aromatic rings. The van der Waals surface area contributed by atoms with Gasteiger partial charge in [-0.2, -0.15) is 0 Å². The number of aromatic amines is 1. The third-order valence-corrected chi connectivity index (χ3v) is 8.02. The molecule has 0 aliphatic carbocycles. The van der Waals surface area contributed by atoms with E-state index in [0.29, 0.717) is 0 Å². The average Bonchev–Trinajstić information content (AvgIpc) is 3.55. The van der Waals surface area contributed by atoms with E-state index in [4.69, 9.17) is 4.74 Å². The number of aromatic nitrogens is 2. The molecule has 1 saturated heterocycles. The summed E-state index contributed by atoms with van der Waals surface area (Å²) in [6.07, 6.45) is -5.40. The van der Waals surface area contributed by atoms with E-state index in [1.807, 2.05) is 0 Å². The summed E-state index contributed by atoms with van der Waals surface area (Å²) in [5.41, 5.74) is -2.47. The largest absolute Gasteiger partial charge is 0.393 e. The summed E-state index contributed by atoms with van der Waals surface area (Å²) in [4.78, 5) is 29.1. The number of aliphatic hydroxyl groups excluding tert-OH is 4. The summed E-state index contributed by atoms with van der Waals surface area (Å²) in [6, 6.07) is 3.21. The Labute approximate surface area is 225 Å². The summed E-state index contributed by atoms with van der Waals surface area (Å²) in [7, 11) is 0. The molecular formula is C27H19F4N3O7. The molecule has 1 fully saturated rings. The number of nitrogens with one attached hydrogen (secondary N) is 2. The summed E-state index contributed by atoms with van der Waals surface area (Å²) in [6.45, 7) is -1.59. The van der Waals surface area contributed by atoms with Gasteiger partial charge >= 0.3 is 0 Å². The molecule has 2 aliphatic heterocycles. The molecule has 3 unspecified atom stereocenters. The summed E-state index contributed by atoms with van der Waals surface area (Å²) in [5.74, 6) is -6.85. The lowest BCUT2D eigenvalue weighted by Crippen LogP contribution is -2.56. The van der Waals surface area contributed by atoms with Crippen molar-refractivity contribution in [1.82, 2.24) is 14.9 Å². The molecule has 0 spiro atoms. The highest BCUT2D eigenvalue weighted by molar-refractivity contribution is 6.39. The Morgan fingerprint density at radius 1 is 0.878 bits per heavy atom. The normalized spacial score (nSPS) is 22.4. The standard InChI is InChI=1S/C27H19F4N3O7/c28-10-1-8-14(3-12(10)30)32-21-17(8)19-20(25(40)33-24(19)39)18-9-2-11(29)13(31)4-15(9)34(22(18)21)26-23(38)16(37)5-27(6-35,7-36)41-26/h1-4,16,23,26,32,35-38H,5-7H2,(H,33,39,40). The second kappa shape index (κ2) is 8.47. The number of nitrogens with zero attached hydrogens (tertiary/aromatic N) is 1. The first kappa shape index (κ1) is 25.9. The molecule has 7 rings (SSSR count). The van der Waals surface area contributed by atoms with E-state index in [1.54, 1.807) is 0 Å². The molecule has 41 heavy (non-hydrogen) atoms. The minimum absolute atomic E-state index is 0.00456. The van der Waals surface area contributed by atoms with Crippen molar-refractivity contribution in [2.75, 3.05) is 13.2 Å². The number of hydrogen-bond acceptors (Lipinski definition) is 7. The van der Waals surface area contributed by atoms with Crippen LogP contribution >= 0.6 is 0 Å². The number of H-pyrrole nitrogens is 1. The molecule has 2 aliphatic rings. The van der Waals surface area contributed by atoms with Gasteiger partial charge in [0.1, 0.15) is 11.7 Å². The molecular weight excluding hydrogens is 554 g/mol. The van der Waals surface area contributed by atoms with Crippen LogP contribution in [0.25, 0.3) is 43.6 Å². The number of amides is 2. The minimum atomic E-state index is -1.78. The van der Waals surface area contributed by atoms with Crippen LogP contribution in [-0.4, -0.2) is 72.8 Å². The number of ether oxygens (including phenoxy) is 1. The molecule has 0 saturated carbocycles. The Hall–Kier alpha value is -4.08. The zero-order valence-corrected chi connectivity index (χ0v) is 20.6. The van der Waals surface area contributed by atoms with Crippen molar-refractivity contribution >= 4 is 55.4 Å². The van der Waals surface area contributed by atoms with Crippen molar-refractivity contribution in [1.29, 1.82) is 0 Å². The molecule has 3 atom stereocenters. The molecule has 212 valence electrons. The maximum atomic E-state index is 14.7. The van der Waals surface area contributed by atoms with Crippen LogP contribution in [0.4, 0.5) is 17.6 Å². The van der Waals surface area contributed by atoms with Gasteiger partial charge in [0.05, 0.1) is 47.0 Å². The first-order valence-electron chi connectivity index (χ1n) is 12.4. The van der Waals surface area contributed by atoms with Crippen LogP contribution in [0.2, 0.25) is 0 Å². The van der Waals surface area contributed by atoms with E-state index in [-0.39, 0.29) is 61.2 Å². The number of benzene rings is 3. The van der Waals surface area contributed by atoms with E-state index in [0.717, 1.165) is 28.8 Å². The number of carbonyl (C=O) groups is 2. The summed E-state index contributed by atoms with van der Waals surface area (Å²) >= 11 is 0. The predicted molar refractivity (Wildman–Crippen MR) is 134 cm³/mol. The van der Waals surface area contributed by atoms with Crippen LogP contribution in [0, 0.1) is 23.3 Å². The minimum Gasteiger partial charge on any atom is -0.393 e. The Morgan fingerprint density at radius 3 is 2.12 bits per heavy atom. The fraction of sp³-hybridized carbons (Fsp3) is 0.259. The van der Waals surface area contributed by atoms with Gasteiger partial charge in [-0.05, 0) is 12.1 Å². The monoisotopic (exact) mass is 573 g/mol. The zero-order chi connectivity index (χ0) is 29.1. The summed E-state index contributed by atoms with van der Waals surface area (Å²) < 4.78 is 65.1. The number of imide groups is 1. The van der Waals surface area contributed by atoms with E-state index >= 15 is 0 Å².